The number of carbonyl (C=O) groups is 3. The van der Waals surface area contributed by atoms with Crippen LogP contribution in [-0.4, -0.2) is 37.7 Å². The fourth-order valence-electron chi connectivity index (χ4n) is 2.59. The summed E-state index contributed by atoms with van der Waals surface area (Å²) < 4.78 is 5.10. The molecule has 1 unspecified atom stereocenters. The summed E-state index contributed by atoms with van der Waals surface area (Å²) in [5.41, 5.74) is -0.420. The van der Waals surface area contributed by atoms with E-state index in [4.69, 9.17) is 16.3 Å². The maximum atomic E-state index is 12.3. The van der Waals surface area contributed by atoms with Crippen molar-refractivity contribution in [2.45, 2.75) is 23.9 Å². The molecule has 0 N–H and O–H groups in total. The van der Waals surface area contributed by atoms with Gasteiger partial charge in [0.1, 0.15) is 6.61 Å². The second kappa shape index (κ2) is 9.06. The van der Waals surface area contributed by atoms with Crippen LogP contribution in [0.5, 0.6) is 0 Å². The van der Waals surface area contributed by atoms with Gasteiger partial charge in [-0.05, 0) is 17.7 Å². The van der Waals surface area contributed by atoms with Gasteiger partial charge in [0.15, 0.2) is 0 Å². The molecule has 2 aromatic rings. The SMILES string of the molecule is O=C(S[C@@H]1CC(=O)N1C(Cl)C(=O)OCc1ccc([N+](=O)[O-])cc1)c1ccccc1. The summed E-state index contributed by atoms with van der Waals surface area (Å²) in [5.74, 6) is -1.19. The fraction of sp³-hybridized carbons (Fsp3) is 0.211. The summed E-state index contributed by atoms with van der Waals surface area (Å²) in [6.07, 6.45) is 0.0993. The van der Waals surface area contributed by atoms with Crippen LogP contribution in [0.2, 0.25) is 0 Å². The first-order valence-electron chi connectivity index (χ1n) is 8.48. The van der Waals surface area contributed by atoms with Crippen molar-refractivity contribution in [3.8, 4) is 0 Å². The molecular formula is C19H15ClN2O6S. The van der Waals surface area contributed by atoms with Crippen LogP contribution in [-0.2, 0) is 20.9 Å². The summed E-state index contributed by atoms with van der Waals surface area (Å²) in [4.78, 5) is 47.7. The van der Waals surface area contributed by atoms with E-state index < -0.39 is 21.8 Å². The van der Waals surface area contributed by atoms with Crippen LogP contribution in [0.1, 0.15) is 22.3 Å². The van der Waals surface area contributed by atoms with E-state index in [1.54, 1.807) is 30.3 Å². The Morgan fingerprint density at radius 2 is 1.86 bits per heavy atom. The lowest BCUT2D eigenvalue weighted by molar-refractivity contribution is -0.384. The first kappa shape index (κ1) is 20.8. The van der Waals surface area contributed by atoms with Gasteiger partial charge in [-0.2, -0.15) is 0 Å². The van der Waals surface area contributed by atoms with Gasteiger partial charge in [-0.3, -0.25) is 19.7 Å². The number of likely N-dealkylation sites (tertiary alicyclic amines) is 1. The number of esters is 1. The highest BCUT2D eigenvalue weighted by molar-refractivity contribution is 8.14. The van der Waals surface area contributed by atoms with Crippen LogP contribution in [0.4, 0.5) is 5.69 Å². The summed E-state index contributed by atoms with van der Waals surface area (Å²) in [6, 6.07) is 14.1. The minimum absolute atomic E-state index is 0.0792. The molecule has 0 aliphatic carbocycles. The van der Waals surface area contributed by atoms with Gasteiger partial charge < -0.3 is 9.64 Å². The van der Waals surface area contributed by atoms with Gasteiger partial charge in [-0.25, -0.2) is 4.79 Å². The zero-order valence-electron chi connectivity index (χ0n) is 14.9. The number of non-ortho nitro benzene ring substituents is 1. The predicted octanol–water partition coefficient (Wildman–Crippen LogP) is 3.33. The minimum Gasteiger partial charge on any atom is -0.458 e. The largest absolute Gasteiger partial charge is 0.458 e. The molecule has 0 saturated carbocycles. The van der Waals surface area contributed by atoms with Crippen molar-refractivity contribution in [2.24, 2.45) is 0 Å². The average Bonchev–Trinajstić information content (AvgIpc) is 2.72. The number of nitro groups is 1. The Hall–Kier alpha value is -2.91. The molecule has 2 atom stereocenters. The highest BCUT2D eigenvalue weighted by atomic mass is 35.5. The van der Waals surface area contributed by atoms with Crippen LogP contribution in [0, 0.1) is 10.1 Å². The van der Waals surface area contributed by atoms with Gasteiger partial charge in [0.2, 0.25) is 16.5 Å². The Kier molecular flexibility index (Phi) is 6.50. The van der Waals surface area contributed by atoms with E-state index in [1.165, 1.54) is 24.3 Å². The number of hydrogen-bond donors (Lipinski definition) is 0. The minimum atomic E-state index is -1.37. The van der Waals surface area contributed by atoms with E-state index in [-0.39, 0.29) is 29.7 Å². The Bertz CT molecular complexity index is 937. The Labute approximate surface area is 174 Å². The quantitative estimate of drug-likeness (QED) is 0.164. The van der Waals surface area contributed by atoms with Crippen molar-refractivity contribution in [1.82, 2.24) is 4.90 Å². The lowest BCUT2D eigenvalue weighted by atomic mass is 10.2. The number of hydrogen-bond acceptors (Lipinski definition) is 7. The van der Waals surface area contributed by atoms with Crippen LogP contribution in [0.15, 0.2) is 54.6 Å². The molecule has 0 aromatic heterocycles. The number of amides is 1. The lowest BCUT2D eigenvalue weighted by Gasteiger charge is -2.41. The molecule has 10 heteroatoms. The number of carbonyl (C=O) groups excluding carboxylic acids is 3. The van der Waals surface area contributed by atoms with E-state index in [2.05, 4.69) is 0 Å². The monoisotopic (exact) mass is 434 g/mol. The number of alkyl halides is 1. The number of ether oxygens (including phenoxy) is 1. The summed E-state index contributed by atoms with van der Waals surface area (Å²) in [6.45, 7) is -0.150. The molecule has 3 rings (SSSR count). The molecule has 2 aromatic carbocycles. The lowest BCUT2D eigenvalue weighted by Crippen LogP contribution is -2.57. The Morgan fingerprint density at radius 3 is 2.45 bits per heavy atom. The molecule has 1 aliphatic rings. The van der Waals surface area contributed by atoms with Gasteiger partial charge in [0, 0.05) is 17.7 Å². The number of halogens is 1. The van der Waals surface area contributed by atoms with Crippen molar-refractivity contribution < 1.29 is 24.0 Å². The molecule has 1 saturated heterocycles. The van der Waals surface area contributed by atoms with Gasteiger partial charge in [-0.15, -0.1) is 0 Å². The summed E-state index contributed by atoms with van der Waals surface area (Å²) in [5, 5.41) is 9.87. The number of nitro benzene ring substituents is 1. The zero-order valence-corrected chi connectivity index (χ0v) is 16.5. The number of nitrogens with zero attached hydrogens (tertiary/aromatic N) is 2. The third-order valence-corrected chi connectivity index (χ3v) is 5.67. The van der Waals surface area contributed by atoms with Crippen LogP contribution < -0.4 is 0 Å². The normalized spacial score (nSPS) is 16.7. The third kappa shape index (κ3) is 4.93. The fourth-order valence-corrected chi connectivity index (χ4v) is 4.06. The summed E-state index contributed by atoms with van der Waals surface area (Å²) in [7, 11) is 0. The highest BCUT2D eigenvalue weighted by Crippen LogP contribution is 2.35. The molecule has 150 valence electrons. The van der Waals surface area contributed by atoms with E-state index in [9.17, 15) is 24.5 Å². The molecule has 0 bridgehead atoms. The zero-order chi connectivity index (χ0) is 21.0. The van der Waals surface area contributed by atoms with Gasteiger partial charge >= 0.3 is 5.97 Å². The van der Waals surface area contributed by atoms with E-state index in [0.29, 0.717) is 11.1 Å². The van der Waals surface area contributed by atoms with E-state index in [1.807, 2.05) is 0 Å². The van der Waals surface area contributed by atoms with Gasteiger partial charge in [-0.1, -0.05) is 53.7 Å². The van der Waals surface area contributed by atoms with Crippen molar-refractivity contribution in [2.75, 3.05) is 0 Å². The second-order valence-corrected chi connectivity index (χ2v) is 7.66. The van der Waals surface area contributed by atoms with Crippen molar-refractivity contribution >= 4 is 46.0 Å². The number of benzene rings is 2. The van der Waals surface area contributed by atoms with Crippen LogP contribution in [0.25, 0.3) is 0 Å². The predicted molar refractivity (Wildman–Crippen MR) is 106 cm³/mol. The van der Waals surface area contributed by atoms with E-state index >= 15 is 0 Å². The topological polar surface area (TPSA) is 107 Å². The molecule has 29 heavy (non-hydrogen) atoms. The van der Waals surface area contributed by atoms with Gasteiger partial charge in [0.05, 0.1) is 16.7 Å². The standard InChI is InChI=1S/C19H15ClN2O6S/c20-17(18(24)28-11-12-6-8-14(9-7-12)22(26)27)21-15(23)10-16(21)29-19(25)13-4-2-1-3-5-13/h1-9,16-17H,10-11H2/t16-,17?/m1/s1. The number of rotatable bonds is 7. The molecule has 1 aliphatic heterocycles. The van der Waals surface area contributed by atoms with Crippen LogP contribution >= 0.6 is 23.4 Å². The molecule has 8 nitrogen and oxygen atoms in total. The molecular weight excluding hydrogens is 420 g/mol. The average molecular weight is 435 g/mol. The first-order chi connectivity index (χ1) is 13.9. The van der Waals surface area contributed by atoms with Gasteiger partial charge in [0.25, 0.3) is 5.69 Å². The molecule has 0 radical (unpaired) electrons. The maximum Gasteiger partial charge on any atom is 0.345 e. The molecule has 1 fully saturated rings. The van der Waals surface area contributed by atoms with E-state index in [0.717, 1.165) is 16.7 Å². The summed E-state index contributed by atoms with van der Waals surface area (Å²) >= 11 is 7.03. The maximum absolute atomic E-state index is 12.3. The second-order valence-electron chi connectivity index (χ2n) is 6.10. The number of β-lactam (4-membered cyclic amide) rings is 1. The molecule has 0 spiro atoms. The van der Waals surface area contributed by atoms with Crippen molar-refractivity contribution in [1.29, 1.82) is 0 Å². The molecule has 1 heterocycles. The first-order valence-corrected chi connectivity index (χ1v) is 9.79. The van der Waals surface area contributed by atoms with Crippen molar-refractivity contribution in [3.63, 3.8) is 0 Å². The smallest absolute Gasteiger partial charge is 0.345 e. The Balaban J connectivity index is 1.55. The Morgan fingerprint density at radius 1 is 1.21 bits per heavy atom. The molecule has 1 amide bonds. The highest BCUT2D eigenvalue weighted by Gasteiger charge is 2.45. The van der Waals surface area contributed by atoms with Crippen molar-refractivity contribution in [3.05, 3.63) is 75.8 Å². The third-order valence-electron chi connectivity index (χ3n) is 4.17. The number of thioether (sulfide) groups is 1. The van der Waals surface area contributed by atoms with Crippen LogP contribution in [0.3, 0.4) is 0 Å².